The van der Waals surface area contributed by atoms with Crippen LogP contribution in [0.15, 0.2) is 66.0 Å². The molecule has 0 fully saturated rings. The molecular formula is C21H16O4. The first-order valence-electron chi connectivity index (χ1n) is 7.98. The number of furan rings is 1. The lowest BCUT2D eigenvalue weighted by molar-refractivity contribution is -0.114. The van der Waals surface area contributed by atoms with Crippen LogP contribution in [0.5, 0.6) is 11.5 Å². The fourth-order valence-corrected chi connectivity index (χ4v) is 2.96. The monoisotopic (exact) mass is 332 g/mol. The SMILES string of the molecule is C=COc1ccc(COc2c3c(cc4ccoc24)C=CC(=O)C3)cc1. The van der Waals surface area contributed by atoms with Gasteiger partial charge in [-0.15, -0.1) is 0 Å². The van der Waals surface area contributed by atoms with E-state index >= 15 is 0 Å². The van der Waals surface area contributed by atoms with Gasteiger partial charge in [-0.05, 0) is 41.5 Å². The van der Waals surface area contributed by atoms with Gasteiger partial charge in [-0.2, -0.15) is 0 Å². The van der Waals surface area contributed by atoms with Crippen molar-refractivity contribution in [2.45, 2.75) is 13.0 Å². The molecule has 0 bridgehead atoms. The number of rotatable bonds is 5. The Morgan fingerprint density at radius 3 is 2.80 bits per heavy atom. The zero-order valence-corrected chi connectivity index (χ0v) is 13.5. The van der Waals surface area contributed by atoms with Crippen molar-refractivity contribution in [2.75, 3.05) is 0 Å². The summed E-state index contributed by atoms with van der Waals surface area (Å²) in [6, 6.07) is 11.5. The van der Waals surface area contributed by atoms with Crippen LogP contribution in [-0.2, 0) is 17.8 Å². The molecule has 0 aliphatic heterocycles. The highest BCUT2D eigenvalue weighted by molar-refractivity contribution is 6.01. The van der Waals surface area contributed by atoms with E-state index in [4.69, 9.17) is 13.9 Å². The van der Waals surface area contributed by atoms with E-state index in [1.807, 2.05) is 42.5 Å². The summed E-state index contributed by atoms with van der Waals surface area (Å²) in [7, 11) is 0. The van der Waals surface area contributed by atoms with Crippen molar-refractivity contribution >= 4 is 22.8 Å². The van der Waals surface area contributed by atoms with E-state index in [1.54, 1.807) is 12.3 Å². The number of benzene rings is 2. The van der Waals surface area contributed by atoms with Gasteiger partial charge in [0, 0.05) is 17.4 Å². The highest BCUT2D eigenvalue weighted by atomic mass is 16.5. The number of carbonyl (C=O) groups is 1. The van der Waals surface area contributed by atoms with Crippen molar-refractivity contribution in [1.29, 1.82) is 0 Å². The summed E-state index contributed by atoms with van der Waals surface area (Å²) in [6.07, 6.45) is 6.79. The lowest BCUT2D eigenvalue weighted by Gasteiger charge is -2.16. The Hall–Kier alpha value is -3.27. The summed E-state index contributed by atoms with van der Waals surface area (Å²) in [6.45, 7) is 3.91. The van der Waals surface area contributed by atoms with Crippen LogP contribution in [0.2, 0.25) is 0 Å². The molecule has 0 spiro atoms. The van der Waals surface area contributed by atoms with Crippen LogP contribution in [0.3, 0.4) is 0 Å². The van der Waals surface area contributed by atoms with Gasteiger partial charge in [-0.3, -0.25) is 4.79 Å². The lowest BCUT2D eigenvalue weighted by atomic mass is 9.94. The van der Waals surface area contributed by atoms with Gasteiger partial charge in [0.2, 0.25) is 0 Å². The molecule has 25 heavy (non-hydrogen) atoms. The number of hydrogen-bond donors (Lipinski definition) is 0. The van der Waals surface area contributed by atoms with Crippen molar-refractivity contribution in [2.24, 2.45) is 0 Å². The van der Waals surface area contributed by atoms with Crippen LogP contribution in [-0.4, -0.2) is 5.78 Å². The Balaban J connectivity index is 1.65. The van der Waals surface area contributed by atoms with Gasteiger partial charge in [0.05, 0.1) is 12.5 Å². The number of allylic oxidation sites excluding steroid dienone is 1. The number of hydrogen-bond acceptors (Lipinski definition) is 4. The Labute approximate surface area is 145 Å². The molecule has 2 aromatic carbocycles. The average Bonchev–Trinajstić information content (AvgIpc) is 3.08. The molecule has 0 radical (unpaired) electrons. The molecule has 4 nitrogen and oxygen atoms in total. The van der Waals surface area contributed by atoms with Crippen LogP contribution in [0.1, 0.15) is 16.7 Å². The largest absolute Gasteiger partial charge is 0.485 e. The maximum atomic E-state index is 11.8. The Kier molecular flexibility index (Phi) is 3.86. The van der Waals surface area contributed by atoms with Crippen LogP contribution in [0.4, 0.5) is 0 Å². The number of carbonyl (C=O) groups excluding carboxylic acids is 1. The Morgan fingerprint density at radius 2 is 2.00 bits per heavy atom. The minimum absolute atomic E-state index is 0.0641. The third-order valence-corrected chi connectivity index (χ3v) is 4.16. The van der Waals surface area contributed by atoms with E-state index in [1.165, 1.54) is 6.26 Å². The van der Waals surface area contributed by atoms with Gasteiger partial charge in [0.1, 0.15) is 12.4 Å². The molecule has 4 heteroatoms. The van der Waals surface area contributed by atoms with E-state index in [2.05, 4.69) is 6.58 Å². The molecule has 4 rings (SSSR count). The maximum absolute atomic E-state index is 11.8. The predicted octanol–water partition coefficient (Wildman–Crippen LogP) is 4.67. The summed E-state index contributed by atoms with van der Waals surface area (Å²) in [5.74, 6) is 1.43. The Morgan fingerprint density at radius 1 is 1.16 bits per heavy atom. The minimum atomic E-state index is 0.0641. The highest BCUT2D eigenvalue weighted by Crippen LogP contribution is 2.37. The summed E-state index contributed by atoms with van der Waals surface area (Å²) in [5, 5.41) is 0.961. The zero-order chi connectivity index (χ0) is 17.2. The van der Waals surface area contributed by atoms with Crippen LogP contribution in [0, 0.1) is 0 Å². The van der Waals surface area contributed by atoms with Gasteiger partial charge in [-0.25, -0.2) is 0 Å². The molecule has 0 amide bonds. The molecule has 1 heterocycles. The van der Waals surface area contributed by atoms with E-state index < -0.39 is 0 Å². The van der Waals surface area contributed by atoms with Crippen molar-refractivity contribution in [3.63, 3.8) is 0 Å². The van der Waals surface area contributed by atoms with E-state index in [-0.39, 0.29) is 5.78 Å². The van der Waals surface area contributed by atoms with Crippen molar-refractivity contribution in [3.8, 4) is 11.5 Å². The summed E-state index contributed by atoms with van der Waals surface area (Å²) < 4.78 is 16.9. The minimum Gasteiger partial charge on any atom is -0.485 e. The molecule has 3 aromatic rings. The summed E-state index contributed by atoms with van der Waals surface area (Å²) >= 11 is 0. The number of ether oxygens (including phenoxy) is 2. The Bertz CT molecular complexity index is 977. The molecule has 0 unspecified atom stereocenters. The first-order valence-corrected chi connectivity index (χ1v) is 7.98. The van der Waals surface area contributed by atoms with E-state index in [9.17, 15) is 4.79 Å². The normalized spacial score (nSPS) is 12.9. The van der Waals surface area contributed by atoms with Gasteiger partial charge in [0.15, 0.2) is 17.1 Å². The van der Waals surface area contributed by atoms with Gasteiger partial charge >= 0.3 is 0 Å². The first kappa shape index (κ1) is 15.3. The van der Waals surface area contributed by atoms with Gasteiger partial charge in [-0.1, -0.05) is 24.8 Å². The van der Waals surface area contributed by atoms with Crippen molar-refractivity contribution in [1.82, 2.24) is 0 Å². The molecular weight excluding hydrogens is 316 g/mol. The second-order valence-corrected chi connectivity index (χ2v) is 5.81. The van der Waals surface area contributed by atoms with Crippen LogP contribution in [0.25, 0.3) is 17.0 Å². The molecule has 1 aliphatic rings. The third-order valence-electron chi connectivity index (χ3n) is 4.16. The summed E-state index contributed by atoms with van der Waals surface area (Å²) in [5.41, 5.74) is 3.54. The topological polar surface area (TPSA) is 48.7 Å². The van der Waals surface area contributed by atoms with Gasteiger partial charge < -0.3 is 13.9 Å². The molecule has 0 N–H and O–H groups in total. The number of fused-ring (bicyclic) bond motifs is 2. The molecule has 1 aliphatic carbocycles. The molecule has 0 saturated heterocycles. The fourth-order valence-electron chi connectivity index (χ4n) is 2.96. The summed E-state index contributed by atoms with van der Waals surface area (Å²) in [4.78, 5) is 11.8. The molecule has 0 saturated carbocycles. The van der Waals surface area contributed by atoms with E-state index in [0.29, 0.717) is 24.4 Å². The maximum Gasteiger partial charge on any atom is 0.176 e. The van der Waals surface area contributed by atoms with Crippen molar-refractivity contribution < 1.29 is 18.7 Å². The van der Waals surface area contributed by atoms with E-state index in [0.717, 1.165) is 27.8 Å². The highest BCUT2D eigenvalue weighted by Gasteiger charge is 2.20. The molecule has 0 atom stereocenters. The quantitative estimate of drug-likeness (QED) is 0.637. The fraction of sp³-hybridized carbons (Fsp3) is 0.0952. The van der Waals surface area contributed by atoms with Crippen LogP contribution >= 0.6 is 0 Å². The van der Waals surface area contributed by atoms with Crippen LogP contribution < -0.4 is 9.47 Å². The second kappa shape index (κ2) is 6.32. The van der Waals surface area contributed by atoms with Gasteiger partial charge in [0.25, 0.3) is 0 Å². The number of ketones is 1. The second-order valence-electron chi connectivity index (χ2n) is 5.81. The zero-order valence-electron chi connectivity index (χ0n) is 13.5. The molecule has 1 aromatic heterocycles. The van der Waals surface area contributed by atoms with Crippen molar-refractivity contribution in [3.05, 3.63) is 78.3 Å². The first-order chi connectivity index (χ1) is 12.2. The smallest absolute Gasteiger partial charge is 0.176 e. The lowest BCUT2D eigenvalue weighted by Crippen LogP contribution is -2.08. The average molecular weight is 332 g/mol. The predicted molar refractivity (Wildman–Crippen MR) is 95.6 cm³/mol. The standard InChI is InChI=1S/C21H16O4/c1-2-23-18-7-3-14(4-8-18)13-25-21-19-12-17(22)6-5-15(19)11-16-9-10-24-20(16)21/h2-11H,1,12-13H2. The third kappa shape index (κ3) is 2.94. The molecule has 124 valence electrons.